The van der Waals surface area contributed by atoms with Gasteiger partial charge in [0.15, 0.2) is 0 Å². The summed E-state index contributed by atoms with van der Waals surface area (Å²) >= 11 is 15.5. The highest BCUT2D eigenvalue weighted by Crippen LogP contribution is 2.24. The average Bonchev–Trinajstić information content (AvgIpc) is 2.35. The van der Waals surface area contributed by atoms with Gasteiger partial charge < -0.3 is 5.32 Å². The summed E-state index contributed by atoms with van der Waals surface area (Å²) in [5, 5.41) is 4.79. The first-order valence-electron chi connectivity index (χ1n) is 5.99. The number of hydrogen-bond donors (Lipinski definition) is 1. The maximum absolute atomic E-state index is 5.99. The van der Waals surface area contributed by atoms with Crippen LogP contribution in [-0.4, -0.2) is 0 Å². The van der Waals surface area contributed by atoms with Gasteiger partial charge in [-0.3, -0.25) is 0 Å². The van der Waals surface area contributed by atoms with Gasteiger partial charge in [-0.2, -0.15) is 0 Å². The van der Waals surface area contributed by atoms with Gasteiger partial charge in [0.25, 0.3) is 0 Å². The molecule has 2 aromatic carbocycles. The van der Waals surface area contributed by atoms with E-state index in [1.54, 1.807) is 6.07 Å². The van der Waals surface area contributed by atoms with Crippen LogP contribution in [0.3, 0.4) is 0 Å². The first-order valence-corrected chi connectivity index (χ1v) is 7.54. The van der Waals surface area contributed by atoms with Gasteiger partial charge in [0.1, 0.15) is 0 Å². The second kappa shape index (κ2) is 6.76. The molecule has 1 N–H and O–H groups in total. The highest BCUT2D eigenvalue weighted by molar-refractivity contribution is 9.10. The molecule has 0 saturated heterocycles. The minimum absolute atomic E-state index is 0.244. The van der Waals surface area contributed by atoms with Gasteiger partial charge in [-0.1, -0.05) is 57.3 Å². The summed E-state index contributed by atoms with van der Waals surface area (Å²) in [6.45, 7) is 2.86. The van der Waals surface area contributed by atoms with E-state index in [-0.39, 0.29) is 6.04 Å². The summed E-state index contributed by atoms with van der Waals surface area (Å²) < 4.78 is 1.11. The topological polar surface area (TPSA) is 12.0 Å². The zero-order valence-electron chi connectivity index (χ0n) is 10.5. The third-order valence-corrected chi connectivity index (χ3v) is 4.07. The number of halogens is 3. The second-order valence-corrected chi connectivity index (χ2v) is 6.13. The molecule has 100 valence electrons. The standard InChI is InChI=1S/C15H14BrCl2N/c1-10(14-4-2-3-5-15(14)16)19-9-11-6-12(17)8-13(18)7-11/h2-8,10,19H,9H2,1H3/t10-/m0/s1. The fraction of sp³-hybridized carbons (Fsp3) is 0.200. The lowest BCUT2D eigenvalue weighted by Crippen LogP contribution is -2.18. The van der Waals surface area contributed by atoms with Crippen LogP contribution >= 0.6 is 39.1 Å². The first-order chi connectivity index (χ1) is 9.06. The van der Waals surface area contributed by atoms with E-state index in [1.165, 1.54) is 5.56 Å². The second-order valence-electron chi connectivity index (χ2n) is 4.40. The number of rotatable bonds is 4. The van der Waals surface area contributed by atoms with Crippen molar-refractivity contribution in [2.75, 3.05) is 0 Å². The van der Waals surface area contributed by atoms with Crippen molar-refractivity contribution in [2.45, 2.75) is 19.5 Å². The molecule has 0 aliphatic heterocycles. The Balaban J connectivity index is 2.04. The van der Waals surface area contributed by atoms with Crippen LogP contribution in [-0.2, 0) is 6.54 Å². The van der Waals surface area contributed by atoms with Crippen molar-refractivity contribution in [2.24, 2.45) is 0 Å². The van der Waals surface area contributed by atoms with E-state index in [9.17, 15) is 0 Å². The number of hydrogen-bond acceptors (Lipinski definition) is 1. The van der Waals surface area contributed by atoms with Gasteiger partial charge in [-0.05, 0) is 42.3 Å². The number of benzene rings is 2. The van der Waals surface area contributed by atoms with Gasteiger partial charge in [0.2, 0.25) is 0 Å². The quantitative estimate of drug-likeness (QED) is 0.749. The highest BCUT2D eigenvalue weighted by Gasteiger charge is 2.08. The molecule has 1 atom stereocenters. The molecule has 0 unspecified atom stereocenters. The Hall–Kier alpha value is -0.540. The molecule has 0 heterocycles. The molecule has 0 radical (unpaired) electrons. The van der Waals surface area contributed by atoms with Crippen molar-refractivity contribution in [3.05, 3.63) is 68.1 Å². The van der Waals surface area contributed by atoms with Crippen molar-refractivity contribution in [3.8, 4) is 0 Å². The third kappa shape index (κ3) is 4.22. The Bertz CT molecular complexity index is 552. The van der Waals surface area contributed by atoms with Crippen LogP contribution in [0, 0.1) is 0 Å². The van der Waals surface area contributed by atoms with Crippen LogP contribution < -0.4 is 5.32 Å². The minimum atomic E-state index is 0.244. The van der Waals surface area contributed by atoms with Gasteiger partial charge in [0.05, 0.1) is 0 Å². The predicted molar refractivity (Wildman–Crippen MR) is 85.9 cm³/mol. The Labute approximate surface area is 132 Å². The van der Waals surface area contributed by atoms with E-state index < -0.39 is 0 Å². The van der Waals surface area contributed by atoms with Crippen LogP contribution in [0.2, 0.25) is 10.0 Å². The SMILES string of the molecule is C[C@H](NCc1cc(Cl)cc(Cl)c1)c1ccccc1Br. The lowest BCUT2D eigenvalue weighted by molar-refractivity contribution is 0.573. The molecule has 2 aromatic rings. The van der Waals surface area contributed by atoms with E-state index in [0.717, 1.165) is 16.6 Å². The highest BCUT2D eigenvalue weighted by atomic mass is 79.9. The molecule has 2 rings (SSSR count). The predicted octanol–water partition coefficient (Wildman–Crippen LogP) is 5.61. The average molecular weight is 359 g/mol. The van der Waals surface area contributed by atoms with Gasteiger partial charge in [-0.25, -0.2) is 0 Å². The lowest BCUT2D eigenvalue weighted by Gasteiger charge is -2.16. The maximum atomic E-state index is 5.99. The van der Waals surface area contributed by atoms with E-state index >= 15 is 0 Å². The number of nitrogens with one attached hydrogen (secondary N) is 1. The fourth-order valence-corrected chi connectivity index (χ4v) is 3.12. The maximum Gasteiger partial charge on any atom is 0.0424 e. The Morgan fingerprint density at radius 2 is 1.74 bits per heavy atom. The van der Waals surface area contributed by atoms with Crippen molar-refractivity contribution < 1.29 is 0 Å². The summed E-state index contributed by atoms with van der Waals surface area (Å²) in [6.07, 6.45) is 0. The normalized spacial score (nSPS) is 12.4. The van der Waals surface area contributed by atoms with Crippen molar-refractivity contribution >= 4 is 39.1 Å². The van der Waals surface area contributed by atoms with E-state index in [4.69, 9.17) is 23.2 Å². The molecule has 0 saturated carbocycles. The molecule has 0 aliphatic carbocycles. The monoisotopic (exact) mass is 357 g/mol. The Kier molecular flexibility index (Phi) is 5.28. The third-order valence-electron chi connectivity index (χ3n) is 2.91. The lowest BCUT2D eigenvalue weighted by atomic mass is 10.1. The summed E-state index contributed by atoms with van der Waals surface area (Å²) in [5.41, 5.74) is 2.31. The van der Waals surface area contributed by atoms with E-state index in [0.29, 0.717) is 10.0 Å². The van der Waals surface area contributed by atoms with Gasteiger partial charge >= 0.3 is 0 Å². The molecular formula is C15H14BrCl2N. The molecule has 0 amide bonds. The van der Waals surface area contributed by atoms with Gasteiger partial charge in [0, 0.05) is 27.1 Å². The van der Waals surface area contributed by atoms with Crippen LogP contribution in [0.4, 0.5) is 0 Å². The molecule has 4 heteroatoms. The molecule has 0 aromatic heterocycles. The largest absolute Gasteiger partial charge is 0.306 e. The first kappa shape index (κ1) is 14.9. The van der Waals surface area contributed by atoms with Crippen LogP contribution in [0.15, 0.2) is 46.9 Å². The molecule has 0 fully saturated rings. The molecule has 1 nitrogen and oxygen atoms in total. The molecule has 0 bridgehead atoms. The van der Waals surface area contributed by atoms with Crippen molar-refractivity contribution in [1.82, 2.24) is 5.32 Å². The summed E-state index contributed by atoms with van der Waals surface area (Å²) in [6, 6.07) is 14.0. The molecular weight excluding hydrogens is 345 g/mol. The van der Waals surface area contributed by atoms with Crippen LogP contribution in [0.25, 0.3) is 0 Å². The Morgan fingerprint density at radius 1 is 1.11 bits per heavy atom. The summed E-state index contributed by atoms with van der Waals surface area (Å²) in [5.74, 6) is 0. The Morgan fingerprint density at radius 3 is 2.37 bits per heavy atom. The van der Waals surface area contributed by atoms with Gasteiger partial charge in [-0.15, -0.1) is 0 Å². The van der Waals surface area contributed by atoms with E-state index in [1.807, 2.05) is 30.3 Å². The van der Waals surface area contributed by atoms with Crippen LogP contribution in [0.1, 0.15) is 24.1 Å². The van der Waals surface area contributed by atoms with Crippen molar-refractivity contribution in [3.63, 3.8) is 0 Å². The fourth-order valence-electron chi connectivity index (χ4n) is 1.92. The molecule has 19 heavy (non-hydrogen) atoms. The zero-order valence-corrected chi connectivity index (χ0v) is 13.6. The van der Waals surface area contributed by atoms with Crippen LogP contribution in [0.5, 0.6) is 0 Å². The summed E-state index contributed by atoms with van der Waals surface area (Å²) in [4.78, 5) is 0. The zero-order chi connectivity index (χ0) is 13.8. The van der Waals surface area contributed by atoms with Crippen molar-refractivity contribution in [1.29, 1.82) is 0 Å². The smallest absolute Gasteiger partial charge is 0.0424 e. The molecule has 0 spiro atoms. The minimum Gasteiger partial charge on any atom is -0.306 e. The summed E-state index contributed by atoms with van der Waals surface area (Å²) in [7, 11) is 0. The molecule has 0 aliphatic rings. The van der Waals surface area contributed by atoms with E-state index in [2.05, 4.69) is 34.2 Å².